The number of nitrogens with zero attached hydrogens (tertiary/aromatic N) is 2. The molecule has 4 N–H and O–H groups in total. The van der Waals surface area contributed by atoms with E-state index in [9.17, 15) is 4.79 Å². The van der Waals surface area contributed by atoms with Crippen molar-refractivity contribution >= 4 is 11.7 Å². The Morgan fingerprint density at radius 3 is 2.70 bits per heavy atom. The SMILES string of the molecule is CC(C)c1cc(C(=O)NC(C)c2ncc[nH]2)cc(N)n1. The maximum atomic E-state index is 12.2. The zero-order valence-corrected chi connectivity index (χ0v) is 11.8. The molecule has 0 aliphatic heterocycles. The average molecular weight is 273 g/mol. The molecule has 2 heterocycles. The molecule has 0 spiro atoms. The molecular formula is C14H19N5O. The predicted molar refractivity (Wildman–Crippen MR) is 77.2 cm³/mol. The van der Waals surface area contributed by atoms with Gasteiger partial charge in [0, 0.05) is 23.7 Å². The fourth-order valence-corrected chi connectivity index (χ4v) is 1.86. The molecule has 6 heteroatoms. The van der Waals surface area contributed by atoms with Crippen molar-refractivity contribution in [1.29, 1.82) is 0 Å². The summed E-state index contributed by atoms with van der Waals surface area (Å²) in [6, 6.07) is 3.15. The normalized spacial score (nSPS) is 12.4. The van der Waals surface area contributed by atoms with Crippen LogP contribution in [0.5, 0.6) is 0 Å². The van der Waals surface area contributed by atoms with E-state index in [1.807, 2.05) is 20.8 Å². The van der Waals surface area contributed by atoms with Crippen molar-refractivity contribution in [3.05, 3.63) is 41.6 Å². The monoisotopic (exact) mass is 273 g/mol. The summed E-state index contributed by atoms with van der Waals surface area (Å²) in [6.07, 6.45) is 3.37. The molecule has 106 valence electrons. The highest BCUT2D eigenvalue weighted by Gasteiger charge is 2.15. The van der Waals surface area contributed by atoms with E-state index < -0.39 is 0 Å². The van der Waals surface area contributed by atoms with Gasteiger partial charge in [0.1, 0.15) is 11.6 Å². The Kier molecular flexibility index (Phi) is 4.02. The molecule has 0 bridgehead atoms. The number of aromatic amines is 1. The number of nitrogens with two attached hydrogens (primary N) is 1. The van der Waals surface area contributed by atoms with Crippen LogP contribution in [0.15, 0.2) is 24.5 Å². The van der Waals surface area contributed by atoms with E-state index in [1.165, 1.54) is 0 Å². The molecule has 2 aromatic rings. The van der Waals surface area contributed by atoms with Crippen molar-refractivity contribution in [2.24, 2.45) is 0 Å². The minimum atomic E-state index is -0.200. The van der Waals surface area contributed by atoms with Crippen LogP contribution in [0.4, 0.5) is 5.82 Å². The summed E-state index contributed by atoms with van der Waals surface area (Å²) in [6.45, 7) is 5.88. The number of amides is 1. The van der Waals surface area contributed by atoms with Crippen molar-refractivity contribution < 1.29 is 4.79 Å². The first-order chi connectivity index (χ1) is 9.47. The van der Waals surface area contributed by atoms with E-state index in [-0.39, 0.29) is 17.9 Å². The summed E-state index contributed by atoms with van der Waals surface area (Å²) in [5, 5.41) is 2.88. The highest BCUT2D eigenvalue weighted by Crippen LogP contribution is 2.17. The number of rotatable bonds is 4. The van der Waals surface area contributed by atoms with Gasteiger partial charge in [0.15, 0.2) is 0 Å². The number of imidazole rings is 1. The lowest BCUT2D eigenvalue weighted by molar-refractivity contribution is 0.0938. The van der Waals surface area contributed by atoms with E-state index in [1.54, 1.807) is 24.5 Å². The van der Waals surface area contributed by atoms with Crippen LogP contribution < -0.4 is 11.1 Å². The van der Waals surface area contributed by atoms with Gasteiger partial charge in [-0.25, -0.2) is 9.97 Å². The van der Waals surface area contributed by atoms with Crippen LogP contribution in [0.25, 0.3) is 0 Å². The number of H-pyrrole nitrogens is 1. The Hall–Kier alpha value is -2.37. The molecule has 0 saturated heterocycles. The van der Waals surface area contributed by atoms with Gasteiger partial charge in [-0.05, 0) is 25.0 Å². The van der Waals surface area contributed by atoms with Gasteiger partial charge < -0.3 is 16.0 Å². The Labute approximate surface area is 117 Å². The number of anilines is 1. The first-order valence-corrected chi connectivity index (χ1v) is 6.55. The van der Waals surface area contributed by atoms with E-state index in [4.69, 9.17) is 5.73 Å². The third-order valence-electron chi connectivity index (χ3n) is 3.00. The highest BCUT2D eigenvalue weighted by molar-refractivity contribution is 5.95. The van der Waals surface area contributed by atoms with Crippen molar-refractivity contribution in [3.8, 4) is 0 Å². The van der Waals surface area contributed by atoms with Gasteiger partial charge >= 0.3 is 0 Å². The third kappa shape index (κ3) is 3.14. The first-order valence-electron chi connectivity index (χ1n) is 6.55. The molecule has 0 aliphatic rings. The fraction of sp³-hybridized carbons (Fsp3) is 0.357. The number of carbonyl (C=O) groups is 1. The first kappa shape index (κ1) is 14.0. The van der Waals surface area contributed by atoms with Crippen LogP contribution in [0.2, 0.25) is 0 Å². The molecule has 0 aliphatic carbocycles. The van der Waals surface area contributed by atoms with Crippen LogP contribution in [-0.4, -0.2) is 20.9 Å². The van der Waals surface area contributed by atoms with Gasteiger partial charge in [-0.3, -0.25) is 4.79 Å². The van der Waals surface area contributed by atoms with E-state index in [0.717, 1.165) is 5.69 Å². The van der Waals surface area contributed by atoms with Crippen LogP contribution in [0, 0.1) is 0 Å². The summed E-state index contributed by atoms with van der Waals surface area (Å²) in [4.78, 5) is 23.6. The van der Waals surface area contributed by atoms with Crippen molar-refractivity contribution in [2.75, 3.05) is 5.73 Å². The molecule has 0 fully saturated rings. The lowest BCUT2D eigenvalue weighted by atomic mass is 10.1. The van der Waals surface area contributed by atoms with Gasteiger partial charge in [-0.2, -0.15) is 0 Å². The maximum absolute atomic E-state index is 12.2. The number of nitrogens with one attached hydrogen (secondary N) is 2. The lowest BCUT2D eigenvalue weighted by Crippen LogP contribution is -2.27. The number of nitrogen functional groups attached to an aromatic ring is 1. The quantitative estimate of drug-likeness (QED) is 0.793. The number of hydrogen-bond donors (Lipinski definition) is 3. The number of pyridine rings is 1. The summed E-state index contributed by atoms with van der Waals surface area (Å²) in [5.74, 6) is 1.09. The Morgan fingerprint density at radius 2 is 2.10 bits per heavy atom. The van der Waals surface area contributed by atoms with E-state index in [2.05, 4.69) is 20.3 Å². The van der Waals surface area contributed by atoms with Crippen molar-refractivity contribution in [2.45, 2.75) is 32.7 Å². The number of hydrogen-bond acceptors (Lipinski definition) is 4. The molecule has 20 heavy (non-hydrogen) atoms. The van der Waals surface area contributed by atoms with Crippen LogP contribution in [0.1, 0.15) is 54.6 Å². The van der Waals surface area contributed by atoms with Gasteiger partial charge in [0.25, 0.3) is 5.91 Å². The Bertz CT molecular complexity index is 592. The molecule has 1 unspecified atom stereocenters. The molecule has 0 aromatic carbocycles. The zero-order chi connectivity index (χ0) is 14.7. The van der Waals surface area contributed by atoms with Crippen LogP contribution in [-0.2, 0) is 0 Å². The zero-order valence-electron chi connectivity index (χ0n) is 11.8. The number of carbonyl (C=O) groups excluding carboxylic acids is 1. The molecule has 1 atom stereocenters. The fourth-order valence-electron chi connectivity index (χ4n) is 1.86. The van der Waals surface area contributed by atoms with Gasteiger partial charge in [-0.1, -0.05) is 13.8 Å². The maximum Gasteiger partial charge on any atom is 0.252 e. The smallest absolute Gasteiger partial charge is 0.252 e. The predicted octanol–water partition coefficient (Wildman–Crippen LogP) is 2.00. The van der Waals surface area contributed by atoms with Gasteiger partial charge in [-0.15, -0.1) is 0 Å². The highest BCUT2D eigenvalue weighted by atomic mass is 16.1. The summed E-state index contributed by atoms with van der Waals surface area (Å²) in [5.41, 5.74) is 7.07. The topological polar surface area (TPSA) is 96.7 Å². The molecule has 2 rings (SSSR count). The summed E-state index contributed by atoms with van der Waals surface area (Å²) >= 11 is 0. The van der Waals surface area contributed by atoms with Crippen molar-refractivity contribution in [1.82, 2.24) is 20.3 Å². The summed E-state index contributed by atoms with van der Waals surface area (Å²) < 4.78 is 0. The molecule has 0 radical (unpaired) electrons. The second-order valence-corrected chi connectivity index (χ2v) is 5.03. The Morgan fingerprint density at radius 1 is 1.35 bits per heavy atom. The van der Waals surface area contributed by atoms with Crippen molar-refractivity contribution in [3.63, 3.8) is 0 Å². The second kappa shape index (κ2) is 5.73. The lowest BCUT2D eigenvalue weighted by Gasteiger charge is -2.13. The molecular weight excluding hydrogens is 254 g/mol. The second-order valence-electron chi connectivity index (χ2n) is 5.03. The van der Waals surface area contributed by atoms with Crippen LogP contribution >= 0.6 is 0 Å². The van der Waals surface area contributed by atoms with Crippen LogP contribution in [0.3, 0.4) is 0 Å². The minimum absolute atomic E-state index is 0.190. The van der Waals surface area contributed by atoms with E-state index >= 15 is 0 Å². The van der Waals surface area contributed by atoms with Gasteiger partial charge in [0.2, 0.25) is 0 Å². The minimum Gasteiger partial charge on any atom is -0.384 e. The molecule has 6 nitrogen and oxygen atoms in total. The van der Waals surface area contributed by atoms with E-state index in [0.29, 0.717) is 17.2 Å². The Balaban J connectivity index is 2.17. The standard InChI is InChI=1S/C14H19N5O/c1-8(2)11-6-10(7-12(15)19-11)14(20)18-9(3)13-16-4-5-17-13/h4-9H,1-3H3,(H2,15,19)(H,16,17)(H,18,20). The molecule has 2 aromatic heterocycles. The third-order valence-corrected chi connectivity index (χ3v) is 3.00. The molecule has 0 saturated carbocycles. The van der Waals surface area contributed by atoms with Gasteiger partial charge in [0.05, 0.1) is 6.04 Å². The average Bonchev–Trinajstić information content (AvgIpc) is 2.91. The largest absolute Gasteiger partial charge is 0.384 e. The summed E-state index contributed by atoms with van der Waals surface area (Å²) in [7, 11) is 0. The molecule has 1 amide bonds. The number of aromatic nitrogens is 3.